The van der Waals surface area contributed by atoms with Gasteiger partial charge in [-0.15, -0.1) is 0 Å². The molecule has 0 radical (unpaired) electrons. The van der Waals surface area contributed by atoms with Crippen LogP contribution in [0.15, 0.2) is 47.1 Å². The largest absolute Gasteiger partial charge is 0.473 e. The molecule has 0 fully saturated rings. The smallest absolute Gasteiger partial charge is 0.414 e. The van der Waals surface area contributed by atoms with Crippen LogP contribution in [0.1, 0.15) is 16.9 Å². The van der Waals surface area contributed by atoms with Gasteiger partial charge in [-0.25, -0.2) is 9.59 Å². The molecule has 0 aliphatic heterocycles. The Kier molecular flexibility index (Phi) is 6.70. The fraction of sp³-hybridized carbons (Fsp3) is 0.200. The van der Waals surface area contributed by atoms with Gasteiger partial charge in [0.05, 0.1) is 12.8 Å². The van der Waals surface area contributed by atoms with Crippen molar-refractivity contribution in [2.24, 2.45) is 0 Å². The molecule has 0 aliphatic rings. The number of hydrogen-bond donors (Lipinski definition) is 3. The van der Waals surface area contributed by atoms with Crippen LogP contribution in [0.2, 0.25) is 0 Å². The van der Waals surface area contributed by atoms with Crippen LogP contribution in [0.25, 0.3) is 0 Å². The van der Waals surface area contributed by atoms with Crippen LogP contribution in [0, 0.1) is 6.92 Å². The van der Waals surface area contributed by atoms with Crippen molar-refractivity contribution in [3.05, 3.63) is 59.5 Å². The molecule has 0 aliphatic carbocycles. The highest BCUT2D eigenvalue weighted by Gasteiger charge is 2.04. The van der Waals surface area contributed by atoms with Crippen LogP contribution in [0.4, 0.5) is 0 Å². The molecule has 0 unspecified atom stereocenters. The first-order valence-electron chi connectivity index (χ1n) is 6.24. The van der Waals surface area contributed by atoms with E-state index in [1.807, 2.05) is 12.1 Å². The van der Waals surface area contributed by atoms with Gasteiger partial charge in [0.2, 0.25) is 0 Å². The van der Waals surface area contributed by atoms with Crippen molar-refractivity contribution in [3.8, 4) is 0 Å². The lowest BCUT2D eigenvalue weighted by atomic mass is 10.1. The van der Waals surface area contributed by atoms with Crippen LogP contribution in [0.5, 0.6) is 0 Å². The lowest BCUT2D eigenvalue weighted by Gasteiger charge is -2.05. The normalized spacial score (nSPS) is 9.57. The van der Waals surface area contributed by atoms with Gasteiger partial charge in [0.25, 0.3) is 0 Å². The molecule has 112 valence electrons. The van der Waals surface area contributed by atoms with Gasteiger partial charge in [-0.3, -0.25) is 0 Å². The Morgan fingerprint density at radius 2 is 1.71 bits per heavy atom. The van der Waals surface area contributed by atoms with E-state index in [1.54, 1.807) is 6.26 Å². The number of aliphatic carboxylic acids is 2. The fourth-order valence-electron chi connectivity index (χ4n) is 1.54. The summed E-state index contributed by atoms with van der Waals surface area (Å²) in [6.07, 6.45) is 1.70. The van der Waals surface area contributed by atoms with Gasteiger partial charge in [0, 0.05) is 6.54 Å². The summed E-state index contributed by atoms with van der Waals surface area (Å²) in [6, 6.07) is 12.3. The molecular weight excluding hydrogens is 274 g/mol. The summed E-state index contributed by atoms with van der Waals surface area (Å²) >= 11 is 0. The summed E-state index contributed by atoms with van der Waals surface area (Å²) in [6.45, 7) is 3.79. The molecule has 0 spiro atoms. The number of nitrogens with one attached hydrogen (secondary N) is 1. The van der Waals surface area contributed by atoms with E-state index in [-0.39, 0.29) is 0 Å². The zero-order valence-corrected chi connectivity index (χ0v) is 11.6. The third-order valence-corrected chi connectivity index (χ3v) is 2.64. The van der Waals surface area contributed by atoms with Crippen LogP contribution in [-0.4, -0.2) is 22.2 Å². The standard InChI is InChI=1S/C13H15NO.C2H2O4/c1-11-5-2-3-6-12(11)9-14-10-13-7-4-8-15-13;3-1(4)2(5)6/h2-8,14H,9-10H2,1H3;(H,3,4)(H,5,6). The van der Waals surface area contributed by atoms with Gasteiger partial charge in [0.15, 0.2) is 0 Å². The second kappa shape index (κ2) is 8.55. The SMILES string of the molecule is Cc1ccccc1CNCc1ccco1.O=C(O)C(=O)O. The van der Waals surface area contributed by atoms with Crippen molar-refractivity contribution in [3.63, 3.8) is 0 Å². The van der Waals surface area contributed by atoms with E-state index < -0.39 is 11.9 Å². The summed E-state index contributed by atoms with van der Waals surface area (Å²) in [5.41, 5.74) is 2.66. The van der Waals surface area contributed by atoms with Gasteiger partial charge in [-0.1, -0.05) is 24.3 Å². The van der Waals surface area contributed by atoms with Crippen LogP contribution in [0.3, 0.4) is 0 Å². The highest BCUT2D eigenvalue weighted by atomic mass is 16.4. The second-order valence-electron chi connectivity index (χ2n) is 4.22. The Bertz CT molecular complexity index is 566. The maximum atomic E-state index is 9.10. The highest BCUT2D eigenvalue weighted by molar-refractivity contribution is 6.27. The quantitative estimate of drug-likeness (QED) is 0.745. The van der Waals surface area contributed by atoms with Crippen LogP contribution < -0.4 is 5.32 Å². The number of benzene rings is 1. The number of rotatable bonds is 4. The van der Waals surface area contributed by atoms with Crippen LogP contribution >= 0.6 is 0 Å². The van der Waals surface area contributed by atoms with Crippen molar-refractivity contribution < 1.29 is 24.2 Å². The van der Waals surface area contributed by atoms with E-state index in [0.29, 0.717) is 0 Å². The van der Waals surface area contributed by atoms with E-state index in [9.17, 15) is 0 Å². The van der Waals surface area contributed by atoms with Crippen molar-refractivity contribution in [2.45, 2.75) is 20.0 Å². The van der Waals surface area contributed by atoms with Gasteiger partial charge in [0.1, 0.15) is 5.76 Å². The Balaban J connectivity index is 0.000000315. The molecule has 0 atom stereocenters. The first-order chi connectivity index (χ1) is 10.0. The van der Waals surface area contributed by atoms with E-state index in [4.69, 9.17) is 24.2 Å². The fourth-order valence-corrected chi connectivity index (χ4v) is 1.54. The summed E-state index contributed by atoms with van der Waals surface area (Å²) < 4.78 is 5.24. The molecular formula is C15H17NO5. The predicted octanol–water partition coefficient (Wildman–Crippen LogP) is 2.03. The second-order valence-corrected chi connectivity index (χ2v) is 4.22. The van der Waals surface area contributed by atoms with Crippen molar-refractivity contribution in [1.82, 2.24) is 5.32 Å². The molecule has 3 N–H and O–H groups in total. The summed E-state index contributed by atoms with van der Waals surface area (Å²) in [5.74, 6) is -2.67. The van der Waals surface area contributed by atoms with Gasteiger partial charge in [-0.05, 0) is 30.2 Å². The zero-order chi connectivity index (χ0) is 15.7. The zero-order valence-electron chi connectivity index (χ0n) is 11.6. The van der Waals surface area contributed by atoms with E-state index in [0.717, 1.165) is 18.8 Å². The molecule has 0 bridgehead atoms. The number of carboxylic acid groups (broad SMARTS) is 2. The number of furan rings is 1. The topological polar surface area (TPSA) is 99.8 Å². The Morgan fingerprint density at radius 3 is 2.24 bits per heavy atom. The minimum atomic E-state index is -1.82. The molecule has 1 aromatic carbocycles. The third-order valence-electron chi connectivity index (χ3n) is 2.64. The van der Waals surface area contributed by atoms with Crippen molar-refractivity contribution in [1.29, 1.82) is 0 Å². The molecule has 1 heterocycles. The number of carbonyl (C=O) groups is 2. The first kappa shape index (κ1) is 16.5. The van der Waals surface area contributed by atoms with Crippen molar-refractivity contribution >= 4 is 11.9 Å². The predicted molar refractivity (Wildman–Crippen MR) is 75.7 cm³/mol. The maximum Gasteiger partial charge on any atom is 0.414 e. The molecule has 0 amide bonds. The van der Waals surface area contributed by atoms with Crippen molar-refractivity contribution in [2.75, 3.05) is 0 Å². The minimum Gasteiger partial charge on any atom is -0.473 e. The molecule has 2 rings (SSSR count). The summed E-state index contributed by atoms with van der Waals surface area (Å²) in [4.78, 5) is 18.2. The average molecular weight is 291 g/mol. The minimum absolute atomic E-state index is 0.779. The lowest BCUT2D eigenvalue weighted by molar-refractivity contribution is -0.159. The molecule has 21 heavy (non-hydrogen) atoms. The molecule has 1 aromatic heterocycles. The molecule has 2 aromatic rings. The van der Waals surface area contributed by atoms with Gasteiger partial charge >= 0.3 is 11.9 Å². The molecule has 6 heteroatoms. The average Bonchev–Trinajstić information content (AvgIpc) is 2.95. The first-order valence-corrected chi connectivity index (χ1v) is 6.24. The van der Waals surface area contributed by atoms with E-state index >= 15 is 0 Å². The molecule has 6 nitrogen and oxygen atoms in total. The monoisotopic (exact) mass is 291 g/mol. The summed E-state index contributed by atoms with van der Waals surface area (Å²) in [7, 11) is 0. The van der Waals surface area contributed by atoms with Gasteiger partial charge < -0.3 is 19.9 Å². The number of aryl methyl sites for hydroxylation is 1. The number of hydrogen-bond acceptors (Lipinski definition) is 4. The Morgan fingerprint density at radius 1 is 1.05 bits per heavy atom. The van der Waals surface area contributed by atoms with E-state index in [2.05, 4.69) is 36.5 Å². The Labute approximate surface area is 122 Å². The third kappa shape index (κ3) is 6.40. The van der Waals surface area contributed by atoms with E-state index in [1.165, 1.54) is 11.1 Å². The molecule has 0 saturated heterocycles. The lowest BCUT2D eigenvalue weighted by Crippen LogP contribution is -2.12. The van der Waals surface area contributed by atoms with Gasteiger partial charge in [-0.2, -0.15) is 0 Å². The van der Waals surface area contributed by atoms with Crippen LogP contribution in [-0.2, 0) is 22.7 Å². The molecule has 0 saturated carbocycles. The Hall–Kier alpha value is -2.60. The highest BCUT2D eigenvalue weighted by Crippen LogP contribution is 2.07. The maximum absolute atomic E-state index is 9.10. The number of carboxylic acids is 2. The summed E-state index contributed by atoms with van der Waals surface area (Å²) in [5, 5.41) is 18.1.